The summed E-state index contributed by atoms with van der Waals surface area (Å²) in [4.78, 5) is 0. The highest BCUT2D eigenvalue weighted by molar-refractivity contribution is 4.81. The highest BCUT2D eigenvalue weighted by atomic mass is 19.1. The molecule has 0 bridgehead atoms. The van der Waals surface area contributed by atoms with Gasteiger partial charge in [-0.25, -0.2) is 4.39 Å². The Morgan fingerprint density at radius 1 is 0.789 bits per heavy atom. The van der Waals surface area contributed by atoms with Crippen LogP contribution in [0.3, 0.4) is 0 Å². The molecule has 0 spiro atoms. The molecule has 1 heteroatoms. The van der Waals surface area contributed by atoms with Gasteiger partial charge in [0.2, 0.25) is 0 Å². The fourth-order valence-corrected chi connectivity index (χ4v) is 4.52. The van der Waals surface area contributed by atoms with E-state index in [0.29, 0.717) is 0 Å². The summed E-state index contributed by atoms with van der Waals surface area (Å²) >= 11 is 0. The second-order valence-electron chi connectivity index (χ2n) is 7.41. The molecule has 0 amide bonds. The van der Waals surface area contributed by atoms with Gasteiger partial charge < -0.3 is 0 Å². The fraction of sp³-hybridized carbons (Fsp3) is 1.00. The second kappa shape index (κ2) is 7.64. The van der Waals surface area contributed by atoms with Crippen molar-refractivity contribution in [3.8, 4) is 0 Å². The number of hydrogen-bond donors (Lipinski definition) is 0. The van der Waals surface area contributed by atoms with Crippen LogP contribution in [0.5, 0.6) is 0 Å². The minimum atomic E-state index is -0.610. The maximum Gasteiger partial charge on any atom is 0.0973 e. The maximum atomic E-state index is 12.9. The Labute approximate surface area is 119 Å². The Bertz CT molecular complexity index is 234. The molecule has 2 saturated carbocycles. The minimum Gasteiger partial charge on any atom is -0.248 e. The molecule has 2 fully saturated rings. The third-order valence-corrected chi connectivity index (χ3v) is 5.96. The van der Waals surface area contributed by atoms with Gasteiger partial charge in [-0.2, -0.15) is 0 Å². The van der Waals surface area contributed by atoms with E-state index in [0.717, 1.165) is 36.5 Å². The van der Waals surface area contributed by atoms with E-state index in [9.17, 15) is 4.39 Å². The van der Waals surface area contributed by atoms with Crippen molar-refractivity contribution in [3.05, 3.63) is 0 Å². The van der Waals surface area contributed by atoms with Crippen molar-refractivity contribution in [2.45, 2.75) is 90.6 Å². The molecule has 0 nitrogen and oxygen atoms in total. The molecule has 2 rings (SSSR count). The zero-order valence-electron chi connectivity index (χ0n) is 13.0. The summed E-state index contributed by atoms with van der Waals surface area (Å²) < 4.78 is 12.9. The van der Waals surface area contributed by atoms with Crippen LogP contribution < -0.4 is 0 Å². The Hall–Kier alpha value is -0.0700. The molecular formula is C18H33F. The van der Waals surface area contributed by atoms with Crippen LogP contribution in [0.25, 0.3) is 0 Å². The van der Waals surface area contributed by atoms with Gasteiger partial charge in [0.1, 0.15) is 0 Å². The van der Waals surface area contributed by atoms with Crippen LogP contribution in [0.2, 0.25) is 0 Å². The topological polar surface area (TPSA) is 0 Å². The van der Waals surface area contributed by atoms with E-state index in [1.807, 2.05) is 0 Å². The summed E-state index contributed by atoms with van der Waals surface area (Å²) in [6, 6.07) is 0. The van der Waals surface area contributed by atoms with Crippen LogP contribution in [0.15, 0.2) is 0 Å². The van der Waals surface area contributed by atoms with Gasteiger partial charge in [-0.3, -0.25) is 0 Å². The summed E-state index contributed by atoms with van der Waals surface area (Å²) in [7, 11) is 0. The summed E-state index contributed by atoms with van der Waals surface area (Å²) in [5.74, 6) is 3.71. The zero-order valence-corrected chi connectivity index (χ0v) is 13.0. The van der Waals surface area contributed by atoms with Crippen molar-refractivity contribution in [2.24, 2.45) is 23.7 Å². The standard InChI is InChI=1S/C18H33F/c1-14(8-9-15(2)19)16-10-12-18(13-11-16)17-6-4-3-5-7-17/h14-18H,3-13H2,1-2H3. The lowest BCUT2D eigenvalue weighted by atomic mass is 9.68. The van der Waals surface area contributed by atoms with Gasteiger partial charge in [-0.15, -0.1) is 0 Å². The maximum absolute atomic E-state index is 12.9. The summed E-state index contributed by atoms with van der Waals surface area (Å²) in [5.41, 5.74) is 0. The molecule has 2 aliphatic carbocycles. The Balaban J connectivity index is 1.69. The first-order valence-electron chi connectivity index (χ1n) is 8.81. The van der Waals surface area contributed by atoms with Crippen molar-refractivity contribution in [2.75, 3.05) is 0 Å². The minimum absolute atomic E-state index is 0.610. The molecular weight excluding hydrogens is 235 g/mol. The number of hydrogen-bond acceptors (Lipinski definition) is 0. The summed E-state index contributed by atoms with van der Waals surface area (Å²) in [5, 5.41) is 0. The first-order chi connectivity index (χ1) is 9.16. The van der Waals surface area contributed by atoms with Gasteiger partial charge in [0.05, 0.1) is 6.17 Å². The molecule has 112 valence electrons. The largest absolute Gasteiger partial charge is 0.248 e. The summed E-state index contributed by atoms with van der Waals surface area (Å²) in [6.45, 7) is 4.06. The van der Waals surface area contributed by atoms with E-state index in [1.54, 1.807) is 6.92 Å². The zero-order chi connectivity index (χ0) is 13.7. The van der Waals surface area contributed by atoms with Crippen molar-refractivity contribution in [1.29, 1.82) is 0 Å². The van der Waals surface area contributed by atoms with E-state index in [4.69, 9.17) is 0 Å². The highest BCUT2D eigenvalue weighted by Gasteiger charge is 2.30. The monoisotopic (exact) mass is 268 g/mol. The van der Waals surface area contributed by atoms with Crippen LogP contribution in [0.4, 0.5) is 4.39 Å². The molecule has 0 heterocycles. The number of halogens is 1. The average Bonchev–Trinajstić information content (AvgIpc) is 2.46. The molecule has 0 saturated heterocycles. The van der Waals surface area contributed by atoms with Crippen LogP contribution in [-0.4, -0.2) is 6.17 Å². The third kappa shape index (κ3) is 4.76. The van der Waals surface area contributed by atoms with Crippen LogP contribution >= 0.6 is 0 Å². The molecule has 0 aliphatic heterocycles. The molecule has 0 aromatic rings. The first kappa shape index (κ1) is 15.3. The van der Waals surface area contributed by atoms with E-state index in [2.05, 4.69) is 6.92 Å². The summed E-state index contributed by atoms with van der Waals surface area (Å²) in [6.07, 6.45) is 14.5. The van der Waals surface area contributed by atoms with Crippen LogP contribution in [-0.2, 0) is 0 Å². The second-order valence-corrected chi connectivity index (χ2v) is 7.41. The van der Waals surface area contributed by atoms with Crippen molar-refractivity contribution >= 4 is 0 Å². The molecule has 2 atom stereocenters. The molecule has 0 N–H and O–H groups in total. The normalized spacial score (nSPS) is 33.0. The quantitative estimate of drug-likeness (QED) is 0.561. The molecule has 2 unspecified atom stereocenters. The number of alkyl halides is 1. The van der Waals surface area contributed by atoms with Gasteiger partial charge in [0.15, 0.2) is 0 Å². The van der Waals surface area contributed by atoms with E-state index < -0.39 is 6.17 Å². The van der Waals surface area contributed by atoms with Gasteiger partial charge in [-0.05, 0) is 69.1 Å². The SMILES string of the molecule is CC(F)CCC(C)C1CCC(C2CCCCC2)CC1. The van der Waals surface area contributed by atoms with Gasteiger partial charge in [-0.1, -0.05) is 39.0 Å². The van der Waals surface area contributed by atoms with Gasteiger partial charge in [0, 0.05) is 0 Å². The number of rotatable bonds is 5. The van der Waals surface area contributed by atoms with Crippen LogP contribution in [0, 0.1) is 23.7 Å². The van der Waals surface area contributed by atoms with E-state index in [-0.39, 0.29) is 0 Å². The Morgan fingerprint density at radius 3 is 1.95 bits per heavy atom. The molecule has 2 aliphatic rings. The lowest BCUT2D eigenvalue weighted by Crippen LogP contribution is -2.26. The van der Waals surface area contributed by atoms with Crippen LogP contribution in [0.1, 0.15) is 84.5 Å². The molecule has 0 aromatic heterocycles. The molecule has 0 radical (unpaired) electrons. The lowest BCUT2D eigenvalue weighted by Gasteiger charge is -2.37. The lowest BCUT2D eigenvalue weighted by molar-refractivity contribution is 0.137. The first-order valence-corrected chi connectivity index (χ1v) is 8.81. The Morgan fingerprint density at radius 2 is 1.37 bits per heavy atom. The van der Waals surface area contributed by atoms with Crippen molar-refractivity contribution < 1.29 is 4.39 Å². The molecule has 0 aromatic carbocycles. The smallest absolute Gasteiger partial charge is 0.0973 e. The van der Waals surface area contributed by atoms with Gasteiger partial charge in [0.25, 0.3) is 0 Å². The third-order valence-electron chi connectivity index (χ3n) is 5.96. The molecule has 19 heavy (non-hydrogen) atoms. The van der Waals surface area contributed by atoms with E-state index >= 15 is 0 Å². The predicted molar refractivity (Wildman–Crippen MR) is 81.0 cm³/mol. The van der Waals surface area contributed by atoms with E-state index in [1.165, 1.54) is 57.8 Å². The van der Waals surface area contributed by atoms with Gasteiger partial charge >= 0.3 is 0 Å². The Kier molecular flexibility index (Phi) is 6.16. The van der Waals surface area contributed by atoms with Crippen molar-refractivity contribution in [3.63, 3.8) is 0 Å². The fourth-order valence-electron chi connectivity index (χ4n) is 4.52. The average molecular weight is 268 g/mol. The predicted octanol–water partition coefficient (Wildman–Crippen LogP) is 6.15. The van der Waals surface area contributed by atoms with Crippen molar-refractivity contribution in [1.82, 2.24) is 0 Å². The highest BCUT2D eigenvalue weighted by Crippen LogP contribution is 2.42.